The zero-order chi connectivity index (χ0) is 8.53. The van der Waals surface area contributed by atoms with Crippen LogP contribution in [0.3, 0.4) is 0 Å². The van der Waals surface area contributed by atoms with Gasteiger partial charge in [-0.2, -0.15) is 5.26 Å². The van der Waals surface area contributed by atoms with Gasteiger partial charge in [-0.05, 0) is 19.3 Å². The Morgan fingerprint density at radius 1 is 1.45 bits per heavy atom. The molecule has 0 spiro atoms. The standard InChI is InChI=1S/C6H10O2.CHNO/c7-6-4-2-1-3-5-8-6;2-1-3/h1-5H2;3H. The zero-order valence-electron chi connectivity index (χ0n) is 6.25. The number of carbonyl (C=O) groups is 1. The van der Waals surface area contributed by atoms with Crippen LogP contribution in [0, 0.1) is 11.5 Å². The molecular weight excluding hydrogens is 146 g/mol. The van der Waals surface area contributed by atoms with Crippen LogP contribution in [-0.4, -0.2) is 17.7 Å². The van der Waals surface area contributed by atoms with Crippen molar-refractivity contribution in [3.05, 3.63) is 0 Å². The Hall–Kier alpha value is -1.24. The number of hydrogen-bond acceptors (Lipinski definition) is 4. The minimum atomic E-state index is -0.0255. The van der Waals surface area contributed by atoms with Crippen LogP contribution in [0.4, 0.5) is 0 Å². The van der Waals surface area contributed by atoms with Gasteiger partial charge in [-0.15, -0.1) is 0 Å². The molecule has 0 aromatic rings. The Morgan fingerprint density at radius 2 is 2.09 bits per heavy atom. The van der Waals surface area contributed by atoms with Gasteiger partial charge in [0.1, 0.15) is 0 Å². The Kier molecular flexibility index (Phi) is 6.10. The number of nitriles is 1. The van der Waals surface area contributed by atoms with E-state index in [0.29, 0.717) is 13.0 Å². The molecule has 0 bridgehead atoms. The average Bonchev–Trinajstić information content (AvgIpc) is 2.18. The van der Waals surface area contributed by atoms with Crippen molar-refractivity contribution in [3.8, 4) is 6.26 Å². The van der Waals surface area contributed by atoms with E-state index < -0.39 is 0 Å². The molecule has 0 atom stereocenters. The van der Waals surface area contributed by atoms with Crippen LogP contribution in [0.15, 0.2) is 0 Å². The first-order valence-electron chi connectivity index (χ1n) is 3.50. The maximum atomic E-state index is 10.5. The van der Waals surface area contributed by atoms with Crippen molar-refractivity contribution in [1.82, 2.24) is 0 Å². The summed E-state index contributed by atoms with van der Waals surface area (Å²) in [5.74, 6) is -0.0255. The van der Waals surface area contributed by atoms with Gasteiger partial charge in [-0.25, -0.2) is 0 Å². The van der Waals surface area contributed by atoms with Gasteiger partial charge in [-0.3, -0.25) is 4.79 Å². The molecule has 1 fully saturated rings. The largest absolute Gasteiger partial charge is 0.466 e. The molecule has 1 aliphatic rings. The lowest BCUT2D eigenvalue weighted by Gasteiger charge is -1.93. The highest BCUT2D eigenvalue weighted by molar-refractivity contribution is 5.69. The summed E-state index contributed by atoms with van der Waals surface area (Å²) in [6, 6.07) is 0. The minimum absolute atomic E-state index is 0.0255. The maximum Gasteiger partial charge on any atom is 0.305 e. The summed E-state index contributed by atoms with van der Waals surface area (Å²) in [5.41, 5.74) is 0. The number of cyclic esters (lactones) is 1. The van der Waals surface area contributed by atoms with Crippen LogP contribution in [0.5, 0.6) is 0 Å². The summed E-state index contributed by atoms with van der Waals surface area (Å²) >= 11 is 0. The molecule has 1 heterocycles. The molecule has 0 radical (unpaired) electrons. The van der Waals surface area contributed by atoms with Crippen molar-refractivity contribution >= 4 is 5.97 Å². The van der Waals surface area contributed by atoms with Gasteiger partial charge in [0.2, 0.25) is 0 Å². The number of hydrogen-bond donors (Lipinski definition) is 1. The topological polar surface area (TPSA) is 70.3 Å². The Balaban J connectivity index is 0.000000292. The van der Waals surface area contributed by atoms with Crippen molar-refractivity contribution in [2.45, 2.75) is 25.7 Å². The molecule has 1 rings (SSSR count). The third-order valence-corrected chi connectivity index (χ3v) is 1.29. The summed E-state index contributed by atoms with van der Waals surface area (Å²) in [6.07, 6.45) is 4.58. The highest BCUT2D eigenvalue weighted by Crippen LogP contribution is 2.06. The molecule has 0 unspecified atom stereocenters. The molecule has 0 aromatic carbocycles. The lowest BCUT2D eigenvalue weighted by atomic mass is 10.2. The normalized spacial score (nSPS) is 16.5. The number of aliphatic hydroxyl groups excluding tert-OH is 1. The van der Waals surface area contributed by atoms with E-state index in [2.05, 4.69) is 0 Å². The van der Waals surface area contributed by atoms with Crippen LogP contribution in [0.1, 0.15) is 25.7 Å². The van der Waals surface area contributed by atoms with Crippen LogP contribution in [-0.2, 0) is 9.53 Å². The summed E-state index contributed by atoms with van der Waals surface area (Å²) in [6.45, 7) is 0.638. The van der Waals surface area contributed by atoms with Gasteiger partial charge in [0.25, 0.3) is 6.26 Å². The summed E-state index contributed by atoms with van der Waals surface area (Å²) in [5, 5.41) is 13.8. The Bertz CT molecular complexity index is 140. The van der Waals surface area contributed by atoms with E-state index in [-0.39, 0.29) is 5.97 Å². The smallest absolute Gasteiger partial charge is 0.305 e. The van der Waals surface area contributed by atoms with Gasteiger partial charge >= 0.3 is 5.97 Å². The number of carbonyl (C=O) groups excluding carboxylic acids is 1. The van der Waals surface area contributed by atoms with Gasteiger partial charge in [0.15, 0.2) is 0 Å². The highest BCUT2D eigenvalue weighted by Gasteiger charge is 2.05. The molecule has 1 saturated heterocycles. The Morgan fingerprint density at radius 3 is 2.73 bits per heavy atom. The van der Waals surface area contributed by atoms with Crippen molar-refractivity contribution in [3.63, 3.8) is 0 Å². The summed E-state index contributed by atoms with van der Waals surface area (Å²) in [7, 11) is 0. The molecule has 11 heavy (non-hydrogen) atoms. The van der Waals surface area contributed by atoms with E-state index in [1.54, 1.807) is 0 Å². The van der Waals surface area contributed by atoms with Crippen LogP contribution in [0.25, 0.3) is 0 Å². The zero-order valence-corrected chi connectivity index (χ0v) is 6.25. The van der Waals surface area contributed by atoms with Gasteiger partial charge in [0.05, 0.1) is 6.61 Å². The fourth-order valence-corrected chi connectivity index (χ4v) is 0.806. The molecular formula is C7H11NO3. The second-order valence-corrected chi connectivity index (χ2v) is 2.13. The number of esters is 1. The van der Waals surface area contributed by atoms with E-state index >= 15 is 0 Å². The fraction of sp³-hybridized carbons (Fsp3) is 0.714. The highest BCUT2D eigenvalue weighted by atomic mass is 16.5. The van der Waals surface area contributed by atoms with Gasteiger partial charge in [-0.1, -0.05) is 0 Å². The quantitative estimate of drug-likeness (QED) is 0.419. The number of nitrogens with zero attached hydrogens (tertiary/aromatic N) is 1. The van der Waals surface area contributed by atoms with Gasteiger partial charge < -0.3 is 9.84 Å². The molecule has 0 aliphatic carbocycles. The predicted octanol–water partition coefficient (Wildman–Crippen LogP) is 0.944. The first kappa shape index (κ1) is 9.76. The van der Waals surface area contributed by atoms with Crippen molar-refractivity contribution in [2.75, 3.05) is 6.61 Å². The molecule has 1 N–H and O–H groups in total. The second-order valence-electron chi connectivity index (χ2n) is 2.13. The third-order valence-electron chi connectivity index (χ3n) is 1.29. The summed E-state index contributed by atoms with van der Waals surface area (Å²) in [4.78, 5) is 10.5. The van der Waals surface area contributed by atoms with E-state index in [0.717, 1.165) is 25.5 Å². The van der Waals surface area contributed by atoms with Crippen LogP contribution >= 0.6 is 0 Å². The van der Waals surface area contributed by atoms with E-state index in [9.17, 15) is 4.79 Å². The monoisotopic (exact) mass is 157 g/mol. The molecule has 0 saturated carbocycles. The van der Waals surface area contributed by atoms with Gasteiger partial charge in [0, 0.05) is 6.42 Å². The average molecular weight is 157 g/mol. The maximum absolute atomic E-state index is 10.5. The second kappa shape index (κ2) is 6.87. The fourth-order valence-electron chi connectivity index (χ4n) is 0.806. The molecule has 62 valence electrons. The minimum Gasteiger partial charge on any atom is -0.466 e. The predicted molar refractivity (Wildman–Crippen MR) is 37.0 cm³/mol. The Labute approximate surface area is 65.4 Å². The van der Waals surface area contributed by atoms with Crippen molar-refractivity contribution < 1.29 is 14.6 Å². The molecule has 0 aromatic heterocycles. The molecule has 0 amide bonds. The number of aliphatic hydroxyl groups is 1. The van der Waals surface area contributed by atoms with E-state index in [1.807, 2.05) is 0 Å². The first-order chi connectivity index (χ1) is 5.31. The van der Waals surface area contributed by atoms with Crippen LogP contribution < -0.4 is 0 Å². The molecule has 1 aliphatic heterocycles. The lowest BCUT2D eigenvalue weighted by Crippen LogP contribution is -2.00. The summed E-state index contributed by atoms with van der Waals surface area (Å²) < 4.78 is 4.76. The first-order valence-corrected chi connectivity index (χ1v) is 3.50. The third kappa shape index (κ3) is 6.65. The SMILES string of the molecule is N#CO.O=C1CCCCCO1. The van der Waals surface area contributed by atoms with E-state index in [4.69, 9.17) is 15.1 Å². The molecule has 4 heteroatoms. The van der Waals surface area contributed by atoms with Crippen molar-refractivity contribution in [1.29, 1.82) is 5.26 Å². The van der Waals surface area contributed by atoms with Crippen molar-refractivity contribution in [2.24, 2.45) is 0 Å². The number of rotatable bonds is 0. The van der Waals surface area contributed by atoms with E-state index in [1.165, 1.54) is 0 Å². The van der Waals surface area contributed by atoms with Crippen LogP contribution in [0.2, 0.25) is 0 Å². The molecule has 4 nitrogen and oxygen atoms in total. The lowest BCUT2D eigenvalue weighted by molar-refractivity contribution is -0.142. The number of ether oxygens (including phenoxy) is 1.